The first-order valence-electron chi connectivity index (χ1n) is 10.9. The first-order chi connectivity index (χ1) is 15.7. The van der Waals surface area contributed by atoms with E-state index in [0.29, 0.717) is 31.0 Å². The molecule has 32 heavy (non-hydrogen) atoms. The smallest absolute Gasteiger partial charge is 0.223 e. The minimum Gasteiger partial charge on any atom is -0.497 e. The summed E-state index contributed by atoms with van der Waals surface area (Å²) in [6.07, 6.45) is 6.00. The molecule has 0 bridgehead atoms. The number of carbonyl (C=O) groups excluding carboxylic acids is 1. The molecule has 168 valence electrons. The molecule has 1 atom stereocenters. The van der Waals surface area contributed by atoms with Crippen LogP contribution in [0, 0.1) is 0 Å². The molecule has 0 saturated carbocycles. The minimum atomic E-state index is 0.0382. The molecule has 1 amide bonds. The molecule has 0 spiro atoms. The van der Waals surface area contributed by atoms with Crippen molar-refractivity contribution >= 4 is 5.91 Å². The van der Waals surface area contributed by atoms with E-state index in [4.69, 9.17) is 13.9 Å². The van der Waals surface area contributed by atoms with Crippen molar-refractivity contribution in [1.82, 2.24) is 20.1 Å². The Labute approximate surface area is 187 Å². The van der Waals surface area contributed by atoms with Crippen LogP contribution in [-0.2, 0) is 17.6 Å². The van der Waals surface area contributed by atoms with Gasteiger partial charge in [0.05, 0.1) is 32.4 Å². The second kappa shape index (κ2) is 10.3. The molecule has 0 aliphatic carbocycles. The number of aromatic nitrogens is 3. The van der Waals surface area contributed by atoms with Crippen LogP contribution in [-0.4, -0.2) is 46.8 Å². The third kappa shape index (κ3) is 5.07. The standard InChI is InChI=1S/C24H28N4O4/c1-30-18-9-10-21(31-2)17(15-18)16-23-27-26-22(32-23)11-12-24(29)28-14-6-4-8-20(28)19-7-3-5-13-25-19/h3,5,7,9-10,13,15,20H,4,6,8,11-12,14,16H2,1-2H3. The van der Waals surface area contributed by atoms with Gasteiger partial charge in [0.1, 0.15) is 11.5 Å². The van der Waals surface area contributed by atoms with Gasteiger partial charge < -0.3 is 18.8 Å². The maximum atomic E-state index is 13.0. The van der Waals surface area contributed by atoms with E-state index < -0.39 is 0 Å². The zero-order chi connectivity index (χ0) is 22.3. The zero-order valence-electron chi connectivity index (χ0n) is 18.5. The van der Waals surface area contributed by atoms with Gasteiger partial charge in [-0.3, -0.25) is 9.78 Å². The average molecular weight is 437 g/mol. The summed E-state index contributed by atoms with van der Waals surface area (Å²) >= 11 is 0. The van der Waals surface area contributed by atoms with E-state index in [1.165, 1.54) is 0 Å². The van der Waals surface area contributed by atoms with Crippen LogP contribution in [0.1, 0.15) is 54.8 Å². The molecule has 0 radical (unpaired) electrons. The third-order valence-corrected chi connectivity index (χ3v) is 5.74. The van der Waals surface area contributed by atoms with Crippen LogP contribution in [0.25, 0.3) is 0 Å². The van der Waals surface area contributed by atoms with Gasteiger partial charge in [-0.15, -0.1) is 10.2 Å². The van der Waals surface area contributed by atoms with Gasteiger partial charge in [-0.05, 0) is 49.6 Å². The fraction of sp³-hybridized carbons (Fsp3) is 0.417. The second-order valence-electron chi connectivity index (χ2n) is 7.80. The Kier molecular flexibility index (Phi) is 6.99. The third-order valence-electron chi connectivity index (χ3n) is 5.74. The van der Waals surface area contributed by atoms with Gasteiger partial charge >= 0.3 is 0 Å². The summed E-state index contributed by atoms with van der Waals surface area (Å²) in [7, 11) is 3.24. The van der Waals surface area contributed by atoms with Gasteiger partial charge in [0.15, 0.2) is 0 Å². The van der Waals surface area contributed by atoms with Gasteiger partial charge in [0.25, 0.3) is 0 Å². The SMILES string of the molecule is COc1ccc(OC)c(Cc2nnc(CCC(=O)N3CCCCC3c3ccccn3)o2)c1. The maximum Gasteiger partial charge on any atom is 0.223 e. The molecule has 2 aromatic heterocycles. The van der Waals surface area contributed by atoms with Crippen molar-refractivity contribution < 1.29 is 18.7 Å². The number of ether oxygens (including phenoxy) is 2. The number of amides is 1. The topological polar surface area (TPSA) is 90.6 Å². The minimum absolute atomic E-state index is 0.0382. The van der Waals surface area contributed by atoms with Crippen molar-refractivity contribution in [1.29, 1.82) is 0 Å². The van der Waals surface area contributed by atoms with Crippen LogP contribution in [0.4, 0.5) is 0 Å². The molecule has 1 saturated heterocycles. The number of rotatable bonds is 8. The molecule has 1 aliphatic heterocycles. The molecular formula is C24H28N4O4. The summed E-state index contributed by atoms with van der Waals surface area (Å²) in [5.74, 6) is 2.49. The Morgan fingerprint density at radius 3 is 2.78 bits per heavy atom. The molecule has 0 N–H and O–H groups in total. The second-order valence-corrected chi connectivity index (χ2v) is 7.80. The van der Waals surface area contributed by atoms with Crippen molar-refractivity contribution in [3.8, 4) is 11.5 Å². The molecule has 1 aliphatic rings. The molecule has 8 nitrogen and oxygen atoms in total. The summed E-state index contributed by atoms with van der Waals surface area (Å²) in [5, 5.41) is 8.28. The van der Waals surface area contributed by atoms with Crippen molar-refractivity contribution in [3.05, 3.63) is 65.6 Å². The Balaban J connectivity index is 1.38. The molecular weight excluding hydrogens is 408 g/mol. The van der Waals surface area contributed by atoms with Gasteiger partial charge in [-0.25, -0.2) is 0 Å². The Bertz CT molecular complexity index is 1040. The number of hydrogen-bond acceptors (Lipinski definition) is 7. The van der Waals surface area contributed by atoms with Crippen LogP contribution < -0.4 is 9.47 Å². The molecule has 3 aromatic rings. The number of pyridine rings is 1. The normalized spacial score (nSPS) is 16.1. The molecule has 1 unspecified atom stereocenters. The summed E-state index contributed by atoms with van der Waals surface area (Å²) in [6, 6.07) is 11.5. The number of methoxy groups -OCH3 is 2. The Morgan fingerprint density at radius 2 is 2.00 bits per heavy atom. The molecule has 8 heteroatoms. The summed E-state index contributed by atoms with van der Waals surface area (Å²) in [4.78, 5) is 19.4. The monoisotopic (exact) mass is 436 g/mol. The first-order valence-corrected chi connectivity index (χ1v) is 10.9. The fourth-order valence-corrected chi connectivity index (χ4v) is 4.11. The van der Waals surface area contributed by atoms with Crippen molar-refractivity contribution in [2.75, 3.05) is 20.8 Å². The number of hydrogen-bond donors (Lipinski definition) is 0. The lowest BCUT2D eigenvalue weighted by Crippen LogP contribution is -2.39. The number of nitrogens with zero attached hydrogens (tertiary/aromatic N) is 4. The lowest BCUT2D eigenvalue weighted by molar-refractivity contribution is -0.135. The van der Waals surface area contributed by atoms with Gasteiger partial charge in [0.2, 0.25) is 17.7 Å². The number of benzene rings is 1. The highest BCUT2D eigenvalue weighted by molar-refractivity contribution is 5.77. The molecule has 4 rings (SSSR count). The van der Waals surface area contributed by atoms with Gasteiger partial charge in [-0.2, -0.15) is 0 Å². The highest BCUT2D eigenvalue weighted by atomic mass is 16.5. The molecule has 1 fully saturated rings. The van der Waals surface area contributed by atoms with E-state index in [9.17, 15) is 4.79 Å². The number of aryl methyl sites for hydroxylation is 1. The highest BCUT2D eigenvalue weighted by Gasteiger charge is 2.28. The van der Waals surface area contributed by atoms with E-state index in [1.807, 2.05) is 41.3 Å². The predicted octanol–water partition coefficient (Wildman–Crippen LogP) is 3.76. The first kappa shape index (κ1) is 21.8. The molecule has 3 heterocycles. The lowest BCUT2D eigenvalue weighted by Gasteiger charge is -2.35. The van der Waals surface area contributed by atoms with E-state index in [1.54, 1.807) is 20.4 Å². The number of piperidine rings is 1. The highest BCUT2D eigenvalue weighted by Crippen LogP contribution is 2.30. The van der Waals surface area contributed by atoms with Crippen LogP contribution >= 0.6 is 0 Å². The molecule has 1 aromatic carbocycles. The number of likely N-dealkylation sites (tertiary alicyclic amines) is 1. The van der Waals surface area contributed by atoms with Crippen molar-refractivity contribution in [2.45, 2.75) is 44.6 Å². The Hall–Kier alpha value is -3.42. The van der Waals surface area contributed by atoms with Crippen molar-refractivity contribution in [3.63, 3.8) is 0 Å². The summed E-state index contributed by atoms with van der Waals surface area (Å²) in [6.45, 7) is 0.755. The fourth-order valence-electron chi connectivity index (χ4n) is 4.11. The quantitative estimate of drug-likeness (QED) is 0.531. The predicted molar refractivity (Wildman–Crippen MR) is 118 cm³/mol. The van der Waals surface area contributed by atoms with Crippen LogP contribution in [0.2, 0.25) is 0 Å². The van der Waals surface area contributed by atoms with Gasteiger partial charge in [0, 0.05) is 31.1 Å². The van der Waals surface area contributed by atoms with E-state index >= 15 is 0 Å². The van der Waals surface area contributed by atoms with Crippen LogP contribution in [0.15, 0.2) is 47.0 Å². The Morgan fingerprint density at radius 1 is 1.12 bits per heavy atom. The summed E-state index contributed by atoms with van der Waals surface area (Å²) in [5.41, 5.74) is 1.84. The lowest BCUT2D eigenvalue weighted by atomic mass is 9.98. The maximum absolute atomic E-state index is 13.0. The van der Waals surface area contributed by atoms with E-state index in [-0.39, 0.29) is 11.9 Å². The van der Waals surface area contributed by atoms with E-state index in [2.05, 4.69) is 15.2 Å². The summed E-state index contributed by atoms with van der Waals surface area (Å²) < 4.78 is 16.5. The number of carbonyl (C=O) groups is 1. The van der Waals surface area contributed by atoms with Crippen LogP contribution in [0.5, 0.6) is 11.5 Å². The van der Waals surface area contributed by atoms with Crippen LogP contribution in [0.3, 0.4) is 0 Å². The van der Waals surface area contributed by atoms with E-state index in [0.717, 1.165) is 48.6 Å². The zero-order valence-corrected chi connectivity index (χ0v) is 18.5. The van der Waals surface area contributed by atoms with Gasteiger partial charge in [-0.1, -0.05) is 6.07 Å². The largest absolute Gasteiger partial charge is 0.497 e. The van der Waals surface area contributed by atoms with Crippen molar-refractivity contribution in [2.24, 2.45) is 0 Å². The average Bonchev–Trinajstić information content (AvgIpc) is 3.30.